The summed E-state index contributed by atoms with van der Waals surface area (Å²) in [6.45, 7) is 0. The second-order valence-corrected chi connectivity index (χ2v) is 3.01. The topological polar surface area (TPSA) is 61.8 Å². The molecular weight excluding hydrogens is 204 g/mol. The fraction of sp³-hybridized carbons (Fsp3) is 0. The third-order valence-corrected chi connectivity index (χ3v) is 2.07. The quantitative estimate of drug-likeness (QED) is 0.458. The van der Waals surface area contributed by atoms with Crippen LogP contribution in [0.5, 0.6) is 0 Å². The Kier molecular flexibility index (Phi) is 2.29. The minimum Gasteiger partial charge on any atom is -0.485 e. The molecule has 0 saturated carbocycles. The predicted molar refractivity (Wildman–Crippen MR) is 44.1 cm³/mol. The Morgan fingerprint density at radius 1 is 1.00 bits per heavy atom. The average molecular weight is 208 g/mol. The molecule has 0 atom stereocenters. The second kappa shape index (κ2) is 3.60. The molecule has 14 heavy (non-hydrogen) atoms. The van der Waals surface area contributed by atoms with E-state index >= 15 is 0 Å². The van der Waals surface area contributed by atoms with Gasteiger partial charge in [-0.3, -0.25) is 0 Å². The highest BCUT2D eigenvalue weighted by Gasteiger charge is 2.23. The summed E-state index contributed by atoms with van der Waals surface area (Å²) < 4.78 is 9.00. The van der Waals surface area contributed by atoms with Crippen molar-refractivity contribution in [3.8, 4) is 0 Å². The largest absolute Gasteiger partial charge is 0.573 e. The molecule has 0 fully saturated rings. The molecule has 0 bridgehead atoms. The minimum atomic E-state index is -0.690. The molecular formula is C8H4O5Si. The molecule has 0 saturated heterocycles. The van der Waals surface area contributed by atoms with Crippen molar-refractivity contribution < 1.29 is 23.5 Å². The fourth-order valence-electron chi connectivity index (χ4n) is 1.05. The average Bonchev–Trinajstić information content (AvgIpc) is 2.22. The molecule has 1 aliphatic rings. The van der Waals surface area contributed by atoms with E-state index in [0.717, 1.165) is 0 Å². The van der Waals surface area contributed by atoms with Gasteiger partial charge in [0.2, 0.25) is 0 Å². The van der Waals surface area contributed by atoms with Crippen LogP contribution >= 0.6 is 0 Å². The van der Waals surface area contributed by atoms with Crippen LogP contribution in [-0.4, -0.2) is 21.9 Å². The van der Waals surface area contributed by atoms with Crippen LogP contribution in [0.3, 0.4) is 0 Å². The summed E-state index contributed by atoms with van der Waals surface area (Å²) in [5.41, 5.74) is 0.329. The summed E-state index contributed by atoms with van der Waals surface area (Å²) >= 11 is 0. The van der Waals surface area contributed by atoms with Gasteiger partial charge >= 0.3 is 21.9 Å². The zero-order valence-electron chi connectivity index (χ0n) is 6.85. The van der Waals surface area contributed by atoms with Gasteiger partial charge in [0.25, 0.3) is 0 Å². The highest BCUT2D eigenvalue weighted by atomic mass is 28.3. The third kappa shape index (κ3) is 1.52. The molecule has 0 spiro atoms. The van der Waals surface area contributed by atoms with Crippen LogP contribution in [0.25, 0.3) is 0 Å². The van der Waals surface area contributed by atoms with Gasteiger partial charge in [0, 0.05) is 0 Å². The van der Waals surface area contributed by atoms with E-state index < -0.39 is 21.9 Å². The molecule has 2 rings (SSSR count). The Morgan fingerprint density at radius 3 is 2.36 bits per heavy atom. The SMILES string of the molecule is O=C1OO[Si]OC(=O)c2ccccc21. The standard InChI is InChI=1S/C8H4O5Si/c9-7-5-3-1-2-4-6(5)8(10)12-14-13-11-7/h1-4H. The first-order chi connectivity index (χ1) is 6.79. The summed E-state index contributed by atoms with van der Waals surface area (Å²) in [5, 5.41) is 0. The first-order valence-electron chi connectivity index (χ1n) is 3.72. The number of rotatable bonds is 0. The Bertz CT molecular complexity index is 352. The van der Waals surface area contributed by atoms with Gasteiger partial charge in [-0.1, -0.05) is 12.1 Å². The number of fused-ring (bicyclic) bond motifs is 1. The molecule has 0 amide bonds. The van der Waals surface area contributed by atoms with E-state index in [2.05, 4.69) is 13.9 Å². The normalized spacial score (nSPS) is 16.0. The first kappa shape index (κ1) is 8.91. The molecule has 1 aliphatic heterocycles. The van der Waals surface area contributed by atoms with E-state index in [1.165, 1.54) is 12.1 Å². The molecule has 0 aliphatic carbocycles. The first-order valence-corrected chi connectivity index (χ1v) is 4.54. The minimum absolute atomic E-state index is 0.141. The van der Waals surface area contributed by atoms with E-state index in [1.807, 2.05) is 0 Å². The summed E-state index contributed by atoms with van der Waals surface area (Å²) in [6.07, 6.45) is 0. The number of hydrogen-bond donors (Lipinski definition) is 0. The van der Waals surface area contributed by atoms with Gasteiger partial charge in [-0.15, -0.1) is 0 Å². The lowest BCUT2D eigenvalue weighted by Gasteiger charge is -2.10. The third-order valence-electron chi connectivity index (χ3n) is 1.65. The van der Waals surface area contributed by atoms with Gasteiger partial charge in [-0.25, -0.2) is 9.59 Å². The Balaban J connectivity index is 2.49. The van der Waals surface area contributed by atoms with E-state index in [-0.39, 0.29) is 11.1 Å². The molecule has 0 N–H and O–H groups in total. The van der Waals surface area contributed by atoms with Gasteiger partial charge < -0.3 is 9.31 Å². The highest BCUT2D eigenvalue weighted by molar-refractivity contribution is 6.25. The van der Waals surface area contributed by atoms with Crippen LogP contribution in [0.15, 0.2) is 24.3 Å². The summed E-state index contributed by atoms with van der Waals surface area (Å²) in [5.74, 6) is -1.28. The van der Waals surface area contributed by atoms with Gasteiger partial charge in [0.15, 0.2) is 0 Å². The molecule has 1 aromatic rings. The summed E-state index contributed by atoms with van der Waals surface area (Å²) in [7, 11) is -0.624. The highest BCUT2D eigenvalue weighted by Crippen LogP contribution is 2.13. The van der Waals surface area contributed by atoms with Crippen molar-refractivity contribution in [2.45, 2.75) is 0 Å². The Morgan fingerprint density at radius 2 is 1.64 bits per heavy atom. The Labute approximate surface area is 81.6 Å². The summed E-state index contributed by atoms with van der Waals surface area (Å²) in [4.78, 5) is 26.9. The number of hydrogen-bond acceptors (Lipinski definition) is 5. The molecule has 70 valence electrons. The zero-order chi connectivity index (χ0) is 9.97. The van der Waals surface area contributed by atoms with Gasteiger partial charge in [0.1, 0.15) is 0 Å². The smallest absolute Gasteiger partial charge is 0.485 e. The number of benzene rings is 1. The lowest BCUT2D eigenvalue weighted by molar-refractivity contribution is -0.160. The van der Waals surface area contributed by atoms with E-state index in [9.17, 15) is 9.59 Å². The van der Waals surface area contributed by atoms with Gasteiger partial charge in [0.05, 0.1) is 11.1 Å². The summed E-state index contributed by atoms with van der Waals surface area (Å²) in [6, 6.07) is 6.22. The Hall–Kier alpha value is -1.66. The van der Waals surface area contributed by atoms with Crippen molar-refractivity contribution >= 4 is 21.9 Å². The van der Waals surface area contributed by atoms with Crippen LogP contribution in [0, 0.1) is 0 Å². The maximum Gasteiger partial charge on any atom is 0.573 e. The zero-order valence-corrected chi connectivity index (χ0v) is 7.85. The maximum absolute atomic E-state index is 11.3. The van der Waals surface area contributed by atoms with Crippen molar-refractivity contribution in [2.24, 2.45) is 0 Å². The molecule has 2 radical (unpaired) electrons. The van der Waals surface area contributed by atoms with E-state index in [4.69, 9.17) is 0 Å². The fourth-order valence-corrected chi connectivity index (χ4v) is 1.38. The van der Waals surface area contributed by atoms with Crippen LogP contribution < -0.4 is 0 Å². The van der Waals surface area contributed by atoms with Crippen molar-refractivity contribution in [3.63, 3.8) is 0 Å². The van der Waals surface area contributed by atoms with Crippen LogP contribution in [0.4, 0.5) is 0 Å². The maximum atomic E-state index is 11.3. The predicted octanol–water partition coefficient (Wildman–Crippen LogP) is 0.480. The number of carbonyl (C=O) groups is 2. The molecule has 1 heterocycles. The van der Waals surface area contributed by atoms with E-state index in [0.29, 0.717) is 0 Å². The molecule has 1 aromatic carbocycles. The van der Waals surface area contributed by atoms with Crippen molar-refractivity contribution in [1.82, 2.24) is 0 Å². The second-order valence-electron chi connectivity index (χ2n) is 2.47. The van der Waals surface area contributed by atoms with Crippen molar-refractivity contribution in [1.29, 1.82) is 0 Å². The molecule has 6 heteroatoms. The molecule has 5 nitrogen and oxygen atoms in total. The molecule has 0 aromatic heterocycles. The van der Waals surface area contributed by atoms with Gasteiger partial charge in [-0.2, -0.15) is 4.58 Å². The van der Waals surface area contributed by atoms with Crippen LogP contribution in [-0.2, 0) is 13.9 Å². The van der Waals surface area contributed by atoms with Crippen LogP contribution in [0.2, 0.25) is 0 Å². The number of carbonyl (C=O) groups excluding carboxylic acids is 2. The molecule has 0 unspecified atom stereocenters. The monoisotopic (exact) mass is 208 g/mol. The van der Waals surface area contributed by atoms with Crippen molar-refractivity contribution in [2.75, 3.05) is 0 Å². The lowest BCUT2D eigenvalue weighted by Crippen LogP contribution is -2.22. The van der Waals surface area contributed by atoms with Crippen LogP contribution in [0.1, 0.15) is 20.7 Å². The lowest BCUT2D eigenvalue weighted by atomic mass is 10.1. The van der Waals surface area contributed by atoms with Crippen molar-refractivity contribution in [3.05, 3.63) is 35.4 Å². The van der Waals surface area contributed by atoms with Gasteiger partial charge in [-0.05, 0) is 12.1 Å². The van der Waals surface area contributed by atoms with E-state index in [1.54, 1.807) is 12.1 Å².